The van der Waals surface area contributed by atoms with Gasteiger partial charge in [-0.05, 0) is 49.7 Å². The van der Waals surface area contributed by atoms with E-state index in [0.717, 1.165) is 22.6 Å². The maximum Gasteiger partial charge on any atom is 0.248 e. The number of rotatable bonds is 4. The van der Waals surface area contributed by atoms with E-state index in [9.17, 15) is 9.59 Å². The van der Waals surface area contributed by atoms with Crippen molar-refractivity contribution in [2.24, 2.45) is 5.73 Å². The Morgan fingerprint density at radius 1 is 1.17 bits per heavy atom. The fourth-order valence-electron chi connectivity index (χ4n) is 2.65. The van der Waals surface area contributed by atoms with Gasteiger partial charge in [-0.25, -0.2) is 4.98 Å². The van der Waals surface area contributed by atoms with Crippen molar-refractivity contribution in [3.8, 4) is 0 Å². The van der Waals surface area contributed by atoms with Crippen molar-refractivity contribution in [1.29, 1.82) is 0 Å². The van der Waals surface area contributed by atoms with E-state index in [1.165, 1.54) is 0 Å². The molecular weight excluding hydrogens is 304 g/mol. The molecule has 0 aliphatic rings. The van der Waals surface area contributed by atoms with Crippen LogP contribution in [0.25, 0.3) is 5.65 Å². The van der Waals surface area contributed by atoms with Gasteiger partial charge in [0.2, 0.25) is 11.8 Å². The van der Waals surface area contributed by atoms with Gasteiger partial charge >= 0.3 is 0 Å². The molecule has 0 saturated heterocycles. The van der Waals surface area contributed by atoms with Crippen molar-refractivity contribution in [3.63, 3.8) is 0 Å². The first-order chi connectivity index (χ1) is 11.5. The first-order valence-electron chi connectivity index (χ1n) is 7.58. The summed E-state index contributed by atoms with van der Waals surface area (Å²) in [5, 5.41) is 2.82. The summed E-state index contributed by atoms with van der Waals surface area (Å²) in [5.74, 6) is -0.641. The van der Waals surface area contributed by atoms with E-state index >= 15 is 0 Å². The van der Waals surface area contributed by atoms with Gasteiger partial charge in [0.15, 0.2) is 0 Å². The van der Waals surface area contributed by atoms with E-state index in [1.807, 2.05) is 36.6 Å². The highest BCUT2D eigenvalue weighted by Crippen LogP contribution is 2.17. The second-order valence-corrected chi connectivity index (χ2v) is 5.70. The van der Waals surface area contributed by atoms with Crippen LogP contribution in [0.1, 0.15) is 27.3 Å². The van der Waals surface area contributed by atoms with Gasteiger partial charge in [-0.1, -0.05) is 6.07 Å². The predicted octanol–water partition coefficient (Wildman–Crippen LogP) is 2.23. The molecule has 3 rings (SSSR count). The number of imidazole rings is 1. The van der Waals surface area contributed by atoms with Gasteiger partial charge in [0.25, 0.3) is 0 Å². The number of nitrogens with one attached hydrogen (secondary N) is 1. The Kier molecular flexibility index (Phi) is 4.04. The zero-order valence-electron chi connectivity index (χ0n) is 13.5. The molecule has 0 radical (unpaired) electrons. The van der Waals surface area contributed by atoms with Crippen LogP contribution in [0.2, 0.25) is 0 Å². The number of hydrogen-bond donors (Lipinski definition) is 2. The minimum Gasteiger partial charge on any atom is -0.366 e. The number of fused-ring (bicyclic) bond motifs is 1. The van der Waals surface area contributed by atoms with E-state index in [2.05, 4.69) is 10.3 Å². The van der Waals surface area contributed by atoms with E-state index in [0.29, 0.717) is 11.3 Å². The molecule has 1 aromatic carbocycles. The highest BCUT2D eigenvalue weighted by Gasteiger charge is 2.14. The predicted molar refractivity (Wildman–Crippen MR) is 92.0 cm³/mol. The van der Waals surface area contributed by atoms with Crippen molar-refractivity contribution in [2.45, 2.75) is 20.3 Å². The van der Waals surface area contributed by atoms with Crippen LogP contribution in [-0.2, 0) is 11.2 Å². The quantitative estimate of drug-likeness (QED) is 0.772. The molecule has 6 nitrogen and oxygen atoms in total. The molecule has 0 fully saturated rings. The Bertz CT molecular complexity index is 926. The normalized spacial score (nSPS) is 10.8. The Labute approximate surface area is 139 Å². The highest BCUT2D eigenvalue weighted by atomic mass is 16.2. The van der Waals surface area contributed by atoms with Crippen LogP contribution in [0, 0.1) is 13.8 Å². The van der Waals surface area contributed by atoms with Crippen molar-refractivity contribution >= 4 is 23.1 Å². The van der Waals surface area contributed by atoms with Crippen LogP contribution in [0.5, 0.6) is 0 Å². The maximum atomic E-state index is 12.3. The number of benzene rings is 1. The van der Waals surface area contributed by atoms with Gasteiger partial charge in [-0.15, -0.1) is 0 Å². The number of aromatic nitrogens is 2. The molecule has 0 aliphatic carbocycles. The topological polar surface area (TPSA) is 89.5 Å². The Balaban J connectivity index is 1.79. The summed E-state index contributed by atoms with van der Waals surface area (Å²) in [4.78, 5) is 27.9. The van der Waals surface area contributed by atoms with Gasteiger partial charge in [0.05, 0.1) is 17.8 Å². The molecule has 2 heterocycles. The Morgan fingerprint density at radius 2 is 1.88 bits per heavy atom. The summed E-state index contributed by atoms with van der Waals surface area (Å²) in [6, 6.07) is 10.4. The smallest absolute Gasteiger partial charge is 0.248 e. The number of primary amides is 1. The molecule has 2 amide bonds. The zero-order chi connectivity index (χ0) is 17.3. The molecule has 2 aromatic heterocycles. The van der Waals surface area contributed by atoms with Crippen LogP contribution < -0.4 is 11.1 Å². The van der Waals surface area contributed by atoms with Crippen molar-refractivity contribution in [2.75, 3.05) is 5.32 Å². The third kappa shape index (κ3) is 2.99. The summed E-state index contributed by atoms with van der Waals surface area (Å²) in [6.07, 6.45) is 2.13. The summed E-state index contributed by atoms with van der Waals surface area (Å²) in [7, 11) is 0. The molecule has 24 heavy (non-hydrogen) atoms. The molecule has 0 saturated carbocycles. The van der Waals surface area contributed by atoms with E-state index in [1.54, 1.807) is 24.3 Å². The van der Waals surface area contributed by atoms with Crippen LogP contribution >= 0.6 is 0 Å². The minimum atomic E-state index is -0.496. The molecule has 0 unspecified atom stereocenters. The highest BCUT2D eigenvalue weighted by molar-refractivity contribution is 5.95. The Hall–Kier alpha value is -3.15. The van der Waals surface area contributed by atoms with E-state index < -0.39 is 5.91 Å². The second kappa shape index (κ2) is 6.16. The molecular formula is C18H18N4O2. The number of hydrogen-bond acceptors (Lipinski definition) is 3. The largest absolute Gasteiger partial charge is 0.366 e. The zero-order valence-corrected chi connectivity index (χ0v) is 13.5. The monoisotopic (exact) mass is 322 g/mol. The van der Waals surface area contributed by atoms with E-state index in [-0.39, 0.29) is 12.3 Å². The molecule has 0 bridgehead atoms. The molecule has 3 N–H and O–H groups in total. The second-order valence-electron chi connectivity index (χ2n) is 5.70. The van der Waals surface area contributed by atoms with Crippen LogP contribution in [0.15, 0.2) is 42.6 Å². The van der Waals surface area contributed by atoms with Crippen molar-refractivity contribution in [1.82, 2.24) is 9.38 Å². The standard InChI is InChI=1S/C18H18N4O2/c1-11-4-3-9-22-15(12(2)20-18(11)22)10-16(23)21-14-7-5-13(6-8-14)17(19)24/h3-9H,10H2,1-2H3,(H2,19,24)(H,21,23). The van der Waals surface area contributed by atoms with Gasteiger partial charge in [0, 0.05) is 17.4 Å². The third-order valence-corrected chi connectivity index (χ3v) is 3.93. The van der Waals surface area contributed by atoms with Crippen molar-refractivity contribution in [3.05, 3.63) is 65.1 Å². The number of nitrogens with zero attached hydrogens (tertiary/aromatic N) is 2. The maximum absolute atomic E-state index is 12.3. The average Bonchev–Trinajstić information content (AvgIpc) is 2.85. The van der Waals surface area contributed by atoms with Gasteiger partial charge in [-0.3, -0.25) is 9.59 Å². The fourth-order valence-corrected chi connectivity index (χ4v) is 2.65. The number of aryl methyl sites for hydroxylation is 2. The first kappa shape index (κ1) is 15.7. The van der Waals surface area contributed by atoms with Gasteiger partial charge in [-0.2, -0.15) is 0 Å². The SMILES string of the molecule is Cc1nc2c(C)cccn2c1CC(=O)Nc1ccc(C(N)=O)cc1. The number of carbonyl (C=O) groups is 2. The minimum absolute atomic E-state index is 0.145. The lowest BCUT2D eigenvalue weighted by atomic mass is 10.2. The number of carbonyl (C=O) groups excluding carboxylic acids is 2. The molecule has 6 heteroatoms. The van der Waals surface area contributed by atoms with Gasteiger partial charge in [0.1, 0.15) is 5.65 Å². The van der Waals surface area contributed by atoms with Gasteiger partial charge < -0.3 is 15.5 Å². The average molecular weight is 322 g/mol. The molecule has 0 aliphatic heterocycles. The molecule has 0 spiro atoms. The third-order valence-electron chi connectivity index (χ3n) is 3.93. The molecule has 122 valence electrons. The van der Waals surface area contributed by atoms with Crippen LogP contribution in [0.4, 0.5) is 5.69 Å². The van der Waals surface area contributed by atoms with Crippen LogP contribution in [-0.4, -0.2) is 21.2 Å². The van der Waals surface area contributed by atoms with E-state index in [4.69, 9.17) is 5.73 Å². The van der Waals surface area contributed by atoms with Crippen molar-refractivity contribution < 1.29 is 9.59 Å². The number of nitrogens with two attached hydrogens (primary N) is 1. The summed E-state index contributed by atoms with van der Waals surface area (Å²) in [6.45, 7) is 3.89. The summed E-state index contributed by atoms with van der Waals surface area (Å²) in [5.41, 5.74) is 9.85. The number of pyridine rings is 1. The molecule has 3 aromatic rings. The Morgan fingerprint density at radius 3 is 2.54 bits per heavy atom. The lowest BCUT2D eigenvalue weighted by Crippen LogP contribution is -2.16. The summed E-state index contributed by atoms with van der Waals surface area (Å²) < 4.78 is 1.94. The first-order valence-corrected chi connectivity index (χ1v) is 7.58. The molecule has 0 atom stereocenters. The fraction of sp³-hybridized carbons (Fsp3) is 0.167. The lowest BCUT2D eigenvalue weighted by Gasteiger charge is -2.07. The lowest BCUT2D eigenvalue weighted by molar-refractivity contribution is -0.115. The number of anilines is 1. The number of amides is 2. The van der Waals surface area contributed by atoms with Crippen LogP contribution in [0.3, 0.4) is 0 Å². The summed E-state index contributed by atoms with van der Waals surface area (Å²) >= 11 is 0.